The standard InChI is InChI=1S/C15H25N3O2/c1-3-13(16)15(14-5-4-10-20-14)18-8-6-12(7-9-18)17-11(2)19/h4-5,10,12-13,15H,3,6-9,16H2,1-2H3,(H,17,19). The van der Waals surface area contributed by atoms with Crippen LogP contribution in [-0.4, -0.2) is 36.0 Å². The molecule has 1 fully saturated rings. The summed E-state index contributed by atoms with van der Waals surface area (Å²) in [4.78, 5) is 13.5. The SMILES string of the molecule is CCC(N)C(c1ccco1)N1CCC(NC(C)=O)CC1. The molecule has 20 heavy (non-hydrogen) atoms. The Morgan fingerprint density at radius 2 is 2.25 bits per heavy atom. The Balaban J connectivity index is 2.00. The topological polar surface area (TPSA) is 71.5 Å². The molecular weight excluding hydrogens is 254 g/mol. The Hall–Kier alpha value is -1.33. The van der Waals surface area contributed by atoms with Crippen LogP contribution in [0.5, 0.6) is 0 Å². The van der Waals surface area contributed by atoms with Crippen molar-refractivity contribution in [1.29, 1.82) is 0 Å². The van der Waals surface area contributed by atoms with Crippen molar-refractivity contribution in [2.24, 2.45) is 5.73 Å². The third kappa shape index (κ3) is 3.61. The summed E-state index contributed by atoms with van der Waals surface area (Å²) in [6.45, 7) is 5.55. The zero-order valence-corrected chi connectivity index (χ0v) is 12.3. The van der Waals surface area contributed by atoms with Gasteiger partial charge in [-0.3, -0.25) is 9.69 Å². The van der Waals surface area contributed by atoms with Crippen LogP contribution in [0.4, 0.5) is 0 Å². The van der Waals surface area contributed by atoms with E-state index in [1.807, 2.05) is 12.1 Å². The van der Waals surface area contributed by atoms with E-state index in [0.29, 0.717) is 6.04 Å². The predicted octanol–water partition coefficient (Wildman–Crippen LogP) is 1.66. The van der Waals surface area contributed by atoms with Gasteiger partial charge in [0.1, 0.15) is 5.76 Å². The molecule has 2 unspecified atom stereocenters. The number of nitrogens with two attached hydrogens (primary N) is 1. The number of carbonyl (C=O) groups excluding carboxylic acids is 1. The molecule has 3 N–H and O–H groups in total. The maximum absolute atomic E-state index is 11.1. The van der Waals surface area contributed by atoms with Gasteiger partial charge in [0.25, 0.3) is 0 Å². The van der Waals surface area contributed by atoms with E-state index in [4.69, 9.17) is 10.2 Å². The number of carbonyl (C=O) groups is 1. The summed E-state index contributed by atoms with van der Waals surface area (Å²) < 4.78 is 5.57. The average Bonchev–Trinajstić information content (AvgIpc) is 2.94. The second-order valence-electron chi connectivity index (χ2n) is 5.54. The molecule has 0 spiro atoms. The third-order valence-corrected chi connectivity index (χ3v) is 4.04. The van der Waals surface area contributed by atoms with Crippen molar-refractivity contribution in [1.82, 2.24) is 10.2 Å². The number of rotatable bonds is 5. The minimum absolute atomic E-state index is 0.0521. The summed E-state index contributed by atoms with van der Waals surface area (Å²) in [6.07, 6.45) is 4.55. The van der Waals surface area contributed by atoms with Gasteiger partial charge in [-0.2, -0.15) is 0 Å². The first-order valence-electron chi connectivity index (χ1n) is 7.42. The van der Waals surface area contributed by atoms with Crippen molar-refractivity contribution in [2.75, 3.05) is 13.1 Å². The van der Waals surface area contributed by atoms with Gasteiger partial charge in [0, 0.05) is 32.1 Å². The molecule has 0 bridgehead atoms. The maximum atomic E-state index is 11.1. The van der Waals surface area contributed by atoms with Crippen LogP contribution in [-0.2, 0) is 4.79 Å². The van der Waals surface area contributed by atoms with E-state index in [0.717, 1.165) is 38.1 Å². The first-order chi connectivity index (χ1) is 9.61. The first kappa shape index (κ1) is 15.1. The molecule has 1 aliphatic rings. The molecule has 0 aromatic carbocycles. The summed E-state index contributed by atoms with van der Waals surface area (Å²) in [6, 6.07) is 4.40. The monoisotopic (exact) mass is 279 g/mol. The Labute approximate surface area is 120 Å². The average molecular weight is 279 g/mol. The van der Waals surface area contributed by atoms with E-state index >= 15 is 0 Å². The summed E-state index contributed by atoms with van der Waals surface area (Å²) in [5.41, 5.74) is 6.28. The van der Waals surface area contributed by atoms with Gasteiger partial charge >= 0.3 is 0 Å². The molecule has 1 saturated heterocycles. The highest BCUT2D eigenvalue weighted by molar-refractivity contribution is 5.73. The lowest BCUT2D eigenvalue weighted by Crippen LogP contribution is -2.48. The molecule has 5 nitrogen and oxygen atoms in total. The molecule has 1 aromatic rings. The second-order valence-corrected chi connectivity index (χ2v) is 5.54. The highest BCUT2D eigenvalue weighted by Crippen LogP contribution is 2.28. The van der Waals surface area contributed by atoms with Crippen LogP contribution in [0.2, 0.25) is 0 Å². The van der Waals surface area contributed by atoms with Crippen LogP contribution < -0.4 is 11.1 Å². The number of hydrogen-bond acceptors (Lipinski definition) is 4. The van der Waals surface area contributed by atoms with Crippen molar-refractivity contribution in [3.63, 3.8) is 0 Å². The Morgan fingerprint density at radius 3 is 2.75 bits per heavy atom. The summed E-state index contributed by atoms with van der Waals surface area (Å²) in [5, 5.41) is 3.00. The van der Waals surface area contributed by atoms with Gasteiger partial charge in [0.15, 0.2) is 0 Å². The molecule has 0 aliphatic carbocycles. The van der Waals surface area contributed by atoms with E-state index in [9.17, 15) is 4.79 Å². The lowest BCUT2D eigenvalue weighted by Gasteiger charge is -2.39. The lowest BCUT2D eigenvalue weighted by atomic mass is 9.97. The molecule has 0 saturated carbocycles. The van der Waals surface area contributed by atoms with Crippen molar-refractivity contribution in [3.8, 4) is 0 Å². The number of likely N-dealkylation sites (tertiary alicyclic amines) is 1. The normalized spacial score (nSPS) is 20.6. The van der Waals surface area contributed by atoms with Gasteiger partial charge in [-0.1, -0.05) is 6.92 Å². The van der Waals surface area contributed by atoms with Gasteiger partial charge < -0.3 is 15.5 Å². The third-order valence-electron chi connectivity index (χ3n) is 4.04. The van der Waals surface area contributed by atoms with Crippen LogP contribution >= 0.6 is 0 Å². The highest BCUT2D eigenvalue weighted by atomic mass is 16.3. The maximum Gasteiger partial charge on any atom is 0.217 e. The number of furan rings is 1. The molecular formula is C15H25N3O2. The first-order valence-corrected chi connectivity index (χ1v) is 7.42. The fourth-order valence-corrected chi connectivity index (χ4v) is 2.95. The summed E-state index contributed by atoms with van der Waals surface area (Å²) >= 11 is 0. The van der Waals surface area contributed by atoms with E-state index in [1.165, 1.54) is 0 Å². The smallest absolute Gasteiger partial charge is 0.217 e. The van der Waals surface area contributed by atoms with E-state index < -0.39 is 0 Å². The Kier molecular flexibility index (Phi) is 5.20. The van der Waals surface area contributed by atoms with Gasteiger partial charge in [0.05, 0.1) is 12.3 Å². The molecule has 2 atom stereocenters. The summed E-state index contributed by atoms with van der Waals surface area (Å²) in [5.74, 6) is 0.994. The van der Waals surface area contributed by atoms with E-state index in [1.54, 1.807) is 13.2 Å². The van der Waals surface area contributed by atoms with E-state index in [-0.39, 0.29) is 18.0 Å². The predicted molar refractivity (Wildman–Crippen MR) is 78.1 cm³/mol. The van der Waals surface area contributed by atoms with Crippen molar-refractivity contribution >= 4 is 5.91 Å². The van der Waals surface area contributed by atoms with Crippen LogP contribution in [0.25, 0.3) is 0 Å². The van der Waals surface area contributed by atoms with Crippen molar-refractivity contribution < 1.29 is 9.21 Å². The fraction of sp³-hybridized carbons (Fsp3) is 0.667. The number of hydrogen-bond donors (Lipinski definition) is 2. The molecule has 0 radical (unpaired) electrons. The summed E-state index contributed by atoms with van der Waals surface area (Å²) in [7, 11) is 0. The molecule has 112 valence electrons. The van der Waals surface area contributed by atoms with E-state index in [2.05, 4.69) is 17.1 Å². The fourth-order valence-electron chi connectivity index (χ4n) is 2.95. The second kappa shape index (κ2) is 6.90. The molecule has 1 amide bonds. The zero-order valence-electron chi connectivity index (χ0n) is 12.3. The van der Waals surface area contributed by atoms with Crippen molar-refractivity contribution in [2.45, 2.75) is 51.2 Å². The Morgan fingerprint density at radius 1 is 1.55 bits per heavy atom. The highest BCUT2D eigenvalue weighted by Gasteiger charge is 2.31. The lowest BCUT2D eigenvalue weighted by molar-refractivity contribution is -0.120. The molecule has 5 heteroatoms. The number of amides is 1. The van der Waals surface area contributed by atoms with Crippen molar-refractivity contribution in [3.05, 3.63) is 24.2 Å². The van der Waals surface area contributed by atoms with Crippen LogP contribution in [0, 0.1) is 0 Å². The largest absolute Gasteiger partial charge is 0.468 e. The molecule has 2 heterocycles. The quantitative estimate of drug-likeness (QED) is 0.860. The van der Waals surface area contributed by atoms with Crippen LogP contribution in [0.3, 0.4) is 0 Å². The van der Waals surface area contributed by atoms with Crippen LogP contribution in [0.15, 0.2) is 22.8 Å². The number of nitrogens with one attached hydrogen (secondary N) is 1. The van der Waals surface area contributed by atoms with Crippen LogP contribution in [0.1, 0.15) is 44.9 Å². The molecule has 2 rings (SSSR count). The number of piperidine rings is 1. The minimum Gasteiger partial charge on any atom is -0.468 e. The molecule has 1 aromatic heterocycles. The van der Waals surface area contributed by atoms with Gasteiger partial charge in [-0.25, -0.2) is 0 Å². The minimum atomic E-state index is 0.0521. The Bertz CT molecular complexity index is 411. The van der Waals surface area contributed by atoms with Gasteiger partial charge in [0.2, 0.25) is 5.91 Å². The van der Waals surface area contributed by atoms with Gasteiger partial charge in [-0.05, 0) is 31.4 Å². The molecule has 1 aliphatic heterocycles. The van der Waals surface area contributed by atoms with Gasteiger partial charge in [-0.15, -0.1) is 0 Å². The zero-order chi connectivity index (χ0) is 14.5. The number of nitrogens with zero attached hydrogens (tertiary/aromatic N) is 1.